The van der Waals surface area contributed by atoms with Gasteiger partial charge in [0.05, 0.1) is 25.2 Å². The quantitative estimate of drug-likeness (QED) is 0.0989. The molecule has 8 nitrogen and oxygen atoms in total. The van der Waals surface area contributed by atoms with Gasteiger partial charge >= 0.3 is 71.1 Å². The van der Waals surface area contributed by atoms with Crippen LogP contribution in [0.4, 0.5) is 0 Å². The molecule has 0 bridgehead atoms. The monoisotopic (exact) mass is 624 g/mol. The molecule has 0 amide bonds. The maximum Gasteiger partial charge on any atom is 1.00 e. The van der Waals surface area contributed by atoms with E-state index in [0.29, 0.717) is 18.8 Å². The number of allylic oxidation sites excluding steroid dienone is 16. The van der Waals surface area contributed by atoms with E-state index in [9.17, 15) is 29.4 Å². The molecule has 0 aliphatic carbocycles. The predicted molar refractivity (Wildman–Crippen MR) is 162 cm³/mol. The average molecular weight is 625 g/mol. The Morgan fingerprint density at radius 3 is 1.32 bits per heavy atom. The Morgan fingerprint density at radius 1 is 0.545 bits per heavy atom. The predicted octanol–water partition coefficient (Wildman–Crippen LogP) is -1.49. The molecule has 0 aliphatic heterocycles. The summed E-state index contributed by atoms with van der Waals surface area (Å²) in [5, 5.41) is 20.7. The minimum atomic E-state index is -1.24. The van der Waals surface area contributed by atoms with Gasteiger partial charge < -0.3 is 29.3 Å². The summed E-state index contributed by atoms with van der Waals surface area (Å²) in [5.41, 5.74) is 4.13. The van der Waals surface area contributed by atoms with Crippen LogP contribution in [0.5, 0.6) is 0 Å². The molecule has 0 aromatic rings. The van der Waals surface area contributed by atoms with Gasteiger partial charge in [-0.25, -0.2) is 9.59 Å². The Balaban J connectivity index is -0.000000354. The fraction of sp³-hybridized carbons (Fsp3) is 0.294. The van der Waals surface area contributed by atoms with Gasteiger partial charge in [0.2, 0.25) is 0 Å². The molecule has 0 spiro atoms. The number of aliphatic carboxylic acids is 2. The molecule has 0 radical (unpaired) electrons. The van der Waals surface area contributed by atoms with Crippen molar-refractivity contribution in [1.29, 1.82) is 0 Å². The van der Waals surface area contributed by atoms with Crippen LogP contribution in [0.3, 0.4) is 0 Å². The van der Waals surface area contributed by atoms with Crippen LogP contribution in [-0.2, 0) is 28.7 Å². The Hall–Kier alpha value is -2.72. The first kappa shape index (κ1) is 48.2. The SMILES string of the molecule is CC(/C=C/C(=O)[O-])=C\C=C\C=C(C)\C=C(/C)C(=O)[O-].CCOC(=O)/C=C/C(C)=C/C=C/C=C(C)/C=C(\C)C(=O)OCC.[Na+].[Na+]. The van der Waals surface area contributed by atoms with Gasteiger partial charge in [-0.3, -0.25) is 0 Å². The van der Waals surface area contributed by atoms with Crippen LogP contribution in [-0.4, -0.2) is 37.1 Å². The van der Waals surface area contributed by atoms with Crippen molar-refractivity contribution in [2.24, 2.45) is 0 Å². The van der Waals surface area contributed by atoms with Crippen molar-refractivity contribution in [3.63, 3.8) is 0 Å². The van der Waals surface area contributed by atoms with Crippen LogP contribution in [0.2, 0.25) is 0 Å². The van der Waals surface area contributed by atoms with Crippen LogP contribution in [0.15, 0.2) is 119 Å². The molecule has 0 N–H and O–H groups in total. The summed E-state index contributed by atoms with van der Waals surface area (Å²) in [7, 11) is 0. The van der Waals surface area contributed by atoms with Gasteiger partial charge in [0, 0.05) is 11.6 Å². The topological polar surface area (TPSA) is 133 Å². The molecular formula is C34H42Na2O8. The second kappa shape index (κ2) is 30.3. The van der Waals surface area contributed by atoms with Crippen LogP contribution < -0.4 is 69.3 Å². The van der Waals surface area contributed by atoms with Crippen molar-refractivity contribution in [1.82, 2.24) is 0 Å². The van der Waals surface area contributed by atoms with E-state index < -0.39 is 11.9 Å². The van der Waals surface area contributed by atoms with Gasteiger partial charge in [0.1, 0.15) is 0 Å². The van der Waals surface area contributed by atoms with Crippen molar-refractivity contribution in [2.45, 2.75) is 55.4 Å². The van der Waals surface area contributed by atoms with E-state index in [1.165, 1.54) is 25.2 Å². The molecule has 228 valence electrons. The zero-order valence-electron chi connectivity index (χ0n) is 27.8. The number of carboxylic acid groups (broad SMARTS) is 2. The van der Waals surface area contributed by atoms with Gasteiger partial charge in [-0.1, -0.05) is 89.1 Å². The third kappa shape index (κ3) is 30.7. The standard InChI is InChI=1S/C19H26O4.C15H18O4.2Na/c1-6-22-18(20)13-12-15(3)10-8-9-11-16(4)14-17(5)19(21)23-7-2;1-11(8-9-14(16)17)6-4-5-7-12(2)10-13(3)15(18)19;;/h8-14H,6-7H2,1-5H3;4-10H,1-3H3,(H,16,17)(H,18,19);;/q;;2*+1/p-2/b9-8+,13-12+,15-10+,16-11+,17-14+;5-4+,9-8+,11-6+,12-7+,13-10+;;. The third-order valence-corrected chi connectivity index (χ3v) is 4.72. The molecule has 44 heavy (non-hydrogen) atoms. The first-order valence-corrected chi connectivity index (χ1v) is 13.3. The minimum Gasteiger partial charge on any atom is -0.545 e. The molecule has 10 heteroatoms. The van der Waals surface area contributed by atoms with Crippen molar-refractivity contribution in [3.05, 3.63) is 119 Å². The summed E-state index contributed by atoms with van der Waals surface area (Å²) >= 11 is 0. The van der Waals surface area contributed by atoms with E-state index in [4.69, 9.17) is 9.47 Å². The molecule has 0 aromatic heterocycles. The van der Waals surface area contributed by atoms with E-state index >= 15 is 0 Å². The molecule has 0 unspecified atom stereocenters. The number of carbonyl (C=O) groups excluding carboxylic acids is 4. The van der Waals surface area contributed by atoms with E-state index in [2.05, 4.69) is 0 Å². The largest absolute Gasteiger partial charge is 1.00 e. The smallest absolute Gasteiger partial charge is 0.545 e. The van der Waals surface area contributed by atoms with Gasteiger partial charge in [0.15, 0.2) is 0 Å². The first-order chi connectivity index (χ1) is 19.7. The Labute approximate surface area is 306 Å². The zero-order chi connectivity index (χ0) is 32.5. The molecule has 0 atom stereocenters. The van der Waals surface area contributed by atoms with Gasteiger partial charge in [-0.2, -0.15) is 0 Å². The normalized spacial score (nSPS) is 13.4. The van der Waals surface area contributed by atoms with Crippen molar-refractivity contribution < 1.29 is 98.0 Å². The van der Waals surface area contributed by atoms with Crippen LogP contribution in [0, 0.1) is 0 Å². The molecule has 0 aliphatic rings. The minimum absolute atomic E-state index is 0. The first-order valence-electron chi connectivity index (χ1n) is 13.3. The Bertz CT molecular complexity index is 1240. The van der Waals surface area contributed by atoms with Gasteiger partial charge in [-0.15, -0.1) is 0 Å². The van der Waals surface area contributed by atoms with E-state index in [1.807, 2.05) is 38.2 Å². The maximum absolute atomic E-state index is 11.5. The van der Waals surface area contributed by atoms with Crippen molar-refractivity contribution >= 4 is 23.9 Å². The third-order valence-electron chi connectivity index (χ3n) is 4.72. The number of rotatable bonds is 14. The zero-order valence-corrected chi connectivity index (χ0v) is 31.8. The molecule has 0 saturated heterocycles. The fourth-order valence-electron chi connectivity index (χ4n) is 2.67. The summed E-state index contributed by atoms with van der Waals surface area (Å²) in [4.78, 5) is 43.3. The number of hydrogen-bond donors (Lipinski definition) is 0. The average Bonchev–Trinajstić information content (AvgIpc) is 2.91. The number of hydrogen-bond acceptors (Lipinski definition) is 8. The maximum atomic E-state index is 11.5. The van der Waals surface area contributed by atoms with Crippen molar-refractivity contribution in [2.75, 3.05) is 13.2 Å². The molecule has 0 fully saturated rings. The van der Waals surface area contributed by atoms with E-state index in [1.54, 1.807) is 71.1 Å². The Kier molecular flexibility index (Phi) is 33.2. The number of carbonyl (C=O) groups is 4. The summed E-state index contributed by atoms with van der Waals surface area (Å²) in [6.07, 6.45) is 23.2. The molecule has 0 aromatic carbocycles. The molecular weight excluding hydrogens is 582 g/mol. The van der Waals surface area contributed by atoms with Crippen LogP contribution >= 0.6 is 0 Å². The molecule has 0 saturated carbocycles. The molecule has 0 heterocycles. The Morgan fingerprint density at radius 2 is 0.932 bits per heavy atom. The summed E-state index contributed by atoms with van der Waals surface area (Å²) in [5.74, 6) is -3.08. The van der Waals surface area contributed by atoms with Crippen LogP contribution in [0.25, 0.3) is 0 Å². The van der Waals surface area contributed by atoms with Crippen molar-refractivity contribution in [3.8, 4) is 0 Å². The molecule has 0 rings (SSSR count). The summed E-state index contributed by atoms with van der Waals surface area (Å²) in [6.45, 7) is 14.8. The summed E-state index contributed by atoms with van der Waals surface area (Å²) < 4.78 is 9.72. The number of esters is 2. The number of ether oxygens (including phenoxy) is 2. The van der Waals surface area contributed by atoms with Crippen LogP contribution in [0.1, 0.15) is 55.4 Å². The number of carboxylic acids is 2. The second-order valence-electron chi connectivity index (χ2n) is 8.81. The van der Waals surface area contributed by atoms with Gasteiger partial charge in [-0.05, 0) is 73.1 Å². The fourth-order valence-corrected chi connectivity index (χ4v) is 2.67. The van der Waals surface area contributed by atoms with E-state index in [0.717, 1.165) is 28.4 Å². The second-order valence-corrected chi connectivity index (χ2v) is 8.81. The van der Waals surface area contributed by atoms with E-state index in [-0.39, 0.29) is 76.6 Å². The summed E-state index contributed by atoms with van der Waals surface area (Å²) in [6, 6.07) is 0. The van der Waals surface area contributed by atoms with Gasteiger partial charge in [0.25, 0.3) is 0 Å².